The number of benzene rings is 5. The Kier molecular flexibility index (Phi) is 10.3. The summed E-state index contributed by atoms with van der Waals surface area (Å²) in [6, 6.07) is 38.8. The number of carbonyl (C=O) groups excluding carboxylic acids is 3. The number of anilines is 2. The van der Waals surface area contributed by atoms with Gasteiger partial charge in [-0.1, -0.05) is 72.8 Å². The number of amides is 3. The molecule has 0 unspecified atom stereocenters. The Labute approximate surface area is 269 Å². The largest absolute Gasteiger partial charge is 0.325 e. The van der Waals surface area contributed by atoms with Crippen LogP contribution in [0.4, 0.5) is 17.1 Å². The van der Waals surface area contributed by atoms with Gasteiger partial charge in [-0.2, -0.15) is 0 Å². The van der Waals surface area contributed by atoms with Crippen LogP contribution in [0, 0.1) is 10.1 Å². The molecule has 228 valence electrons. The highest BCUT2D eigenvalue weighted by molar-refractivity contribution is 8.00. The van der Waals surface area contributed by atoms with Gasteiger partial charge in [-0.25, -0.2) is 0 Å². The SMILES string of the molecule is O=C(CSc1ccc(NC(=O)/C(=C/c2ccc(-c3ccccc3)cc2)NC(=O)c2ccccc2)cc1)Nc1ccc([N+](=O)[O-])cc1. The summed E-state index contributed by atoms with van der Waals surface area (Å²) in [4.78, 5) is 49.8. The van der Waals surface area contributed by atoms with Crippen LogP contribution in [-0.4, -0.2) is 28.4 Å². The normalized spacial score (nSPS) is 10.9. The summed E-state index contributed by atoms with van der Waals surface area (Å²) in [6.45, 7) is 0. The second-order valence-corrected chi connectivity index (χ2v) is 11.0. The third-order valence-corrected chi connectivity index (χ3v) is 7.71. The van der Waals surface area contributed by atoms with Crippen LogP contribution in [-0.2, 0) is 9.59 Å². The lowest BCUT2D eigenvalue weighted by Gasteiger charge is -2.12. The van der Waals surface area contributed by atoms with Gasteiger partial charge in [0.15, 0.2) is 0 Å². The van der Waals surface area contributed by atoms with Crippen molar-refractivity contribution in [1.82, 2.24) is 5.32 Å². The van der Waals surface area contributed by atoms with Gasteiger partial charge in [0.2, 0.25) is 5.91 Å². The van der Waals surface area contributed by atoms with E-state index in [0.29, 0.717) is 16.9 Å². The van der Waals surface area contributed by atoms with Crippen LogP contribution in [0.15, 0.2) is 144 Å². The van der Waals surface area contributed by atoms with Gasteiger partial charge in [0, 0.05) is 34.0 Å². The van der Waals surface area contributed by atoms with Crippen molar-refractivity contribution < 1.29 is 19.3 Å². The Hall–Kier alpha value is -6.00. The highest BCUT2D eigenvalue weighted by Crippen LogP contribution is 2.23. The van der Waals surface area contributed by atoms with Crippen LogP contribution < -0.4 is 16.0 Å². The Balaban J connectivity index is 1.24. The number of nitro groups is 1. The maximum atomic E-state index is 13.4. The zero-order chi connectivity index (χ0) is 32.3. The molecule has 0 aliphatic carbocycles. The first kappa shape index (κ1) is 31.4. The van der Waals surface area contributed by atoms with Gasteiger partial charge in [0.1, 0.15) is 5.70 Å². The van der Waals surface area contributed by atoms with Gasteiger partial charge in [0.25, 0.3) is 17.5 Å². The molecule has 0 spiro atoms. The predicted molar refractivity (Wildman–Crippen MR) is 181 cm³/mol. The molecule has 5 aromatic rings. The van der Waals surface area contributed by atoms with Crippen molar-refractivity contribution in [2.75, 3.05) is 16.4 Å². The Morgan fingerprint density at radius 1 is 0.674 bits per heavy atom. The first-order chi connectivity index (χ1) is 22.3. The first-order valence-corrected chi connectivity index (χ1v) is 15.1. The van der Waals surface area contributed by atoms with Crippen molar-refractivity contribution >= 4 is 52.6 Å². The van der Waals surface area contributed by atoms with Gasteiger partial charge < -0.3 is 16.0 Å². The third kappa shape index (κ3) is 8.77. The van der Waals surface area contributed by atoms with Gasteiger partial charge >= 0.3 is 0 Å². The van der Waals surface area contributed by atoms with Crippen molar-refractivity contribution in [3.8, 4) is 11.1 Å². The van der Waals surface area contributed by atoms with E-state index in [1.807, 2.05) is 60.7 Å². The molecule has 0 radical (unpaired) electrons. The third-order valence-electron chi connectivity index (χ3n) is 6.70. The van der Waals surface area contributed by atoms with E-state index >= 15 is 0 Å². The molecule has 0 fully saturated rings. The van der Waals surface area contributed by atoms with Gasteiger partial charge in [-0.3, -0.25) is 24.5 Å². The van der Waals surface area contributed by atoms with Gasteiger partial charge in [-0.15, -0.1) is 11.8 Å². The van der Waals surface area contributed by atoms with Crippen LogP contribution in [0.25, 0.3) is 17.2 Å². The van der Waals surface area contributed by atoms with Gasteiger partial charge in [-0.05, 0) is 71.3 Å². The first-order valence-electron chi connectivity index (χ1n) is 14.2. The molecule has 5 aromatic carbocycles. The fraction of sp³-hybridized carbons (Fsp3) is 0.0278. The summed E-state index contributed by atoms with van der Waals surface area (Å²) in [7, 11) is 0. The van der Waals surface area contributed by atoms with E-state index < -0.39 is 16.7 Å². The second-order valence-electron chi connectivity index (χ2n) is 9.99. The van der Waals surface area contributed by atoms with Gasteiger partial charge in [0.05, 0.1) is 10.7 Å². The molecule has 0 bridgehead atoms. The molecule has 10 heteroatoms. The number of nitro benzene ring substituents is 1. The molecule has 5 rings (SSSR count). The van der Waals surface area contributed by atoms with E-state index in [4.69, 9.17) is 0 Å². The van der Waals surface area contributed by atoms with Crippen molar-refractivity contribution in [1.29, 1.82) is 0 Å². The molecular weight excluding hydrogens is 600 g/mol. The molecule has 0 saturated carbocycles. The zero-order valence-electron chi connectivity index (χ0n) is 24.4. The molecular formula is C36H28N4O5S. The average molecular weight is 629 g/mol. The van der Waals surface area contributed by atoms with Crippen molar-refractivity contribution in [3.05, 3.63) is 160 Å². The lowest BCUT2D eigenvalue weighted by Crippen LogP contribution is -2.30. The molecule has 0 heterocycles. The molecule has 0 aliphatic rings. The number of non-ortho nitro benzene ring substituents is 1. The van der Waals surface area contributed by atoms with E-state index in [0.717, 1.165) is 21.6 Å². The fourth-order valence-corrected chi connectivity index (χ4v) is 5.06. The smallest absolute Gasteiger partial charge is 0.272 e. The predicted octanol–water partition coefficient (Wildman–Crippen LogP) is 7.40. The fourth-order valence-electron chi connectivity index (χ4n) is 4.36. The summed E-state index contributed by atoms with van der Waals surface area (Å²) in [5.74, 6) is -1.07. The number of hydrogen-bond acceptors (Lipinski definition) is 6. The molecule has 0 atom stereocenters. The van der Waals surface area contributed by atoms with Crippen LogP contribution in [0.2, 0.25) is 0 Å². The van der Waals surface area contributed by atoms with E-state index in [-0.39, 0.29) is 23.0 Å². The Bertz CT molecular complexity index is 1860. The summed E-state index contributed by atoms with van der Waals surface area (Å²) < 4.78 is 0. The minimum absolute atomic E-state index is 0.0572. The lowest BCUT2D eigenvalue weighted by atomic mass is 10.0. The molecule has 0 saturated heterocycles. The number of nitrogens with one attached hydrogen (secondary N) is 3. The van der Waals surface area contributed by atoms with Crippen molar-refractivity contribution in [3.63, 3.8) is 0 Å². The topological polar surface area (TPSA) is 130 Å². The zero-order valence-corrected chi connectivity index (χ0v) is 25.2. The van der Waals surface area contributed by atoms with Crippen LogP contribution in [0.5, 0.6) is 0 Å². The molecule has 9 nitrogen and oxygen atoms in total. The van der Waals surface area contributed by atoms with E-state index in [1.165, 1.54) is 36.0 Å². The maximum absolute atomic E-state index is 13.4. The quantitative estimate of drug-likeness (QED) is 0.0605. The highest BCUT2D eigenvalue weighted by Gasteiger charge is 2.15. The molecule has 46 heavy (non-hydrogen) atoms. The Morgan fingerprint density at radius 3 is 1.87 bits per heavy atom. The second kappa shape index (κ2) is 15.1. The van der Waals surface area contributed by atoms with Crippen LogP contribution in [0.3, 0.4) is 0 Å². The van der Waals surface area contributed by atoms with Crippen molar-refractivity contribution in [2.45, 2.75) is 4.90 Å². The van der Waals surface area contributed by atoms with E-state index in [1.54, 1.807) is 54.6 Å². The molecule has 0 aromatic heterocycles. The van der Waals surface area contributed by atoms with Crippen LogP contribution >= 0.6 is 11.8 Å². The number of carbonyl (C=O) groups is 3. The van der Waals surface area contributed by atoms with E-state index in [2.05, 4.69) is 16.0 Å². The lowest BCUT2D eigenvalue weighted by molar-refractivity contribution is -0.384. The summed E-state index contributed by atoms with van der Waals surface area (Å²) in [6.07, 6.45) is 1.62. The highest BCUT2D eigenvalue weighted by atomic mass is 32.2. The minimum atomic E-state index is -0.504. The summed E-state index contributed by atoms with van der Waals surface area (Å²) in [5.41, 5.74) is 4.23. The molecule has 0 aliphatic heterocycles. The monoisotopic (exact) mass is 628 g/mol. The van der Waals surface area contributed by atoms with E-state index in [9.17, 15) is 24.5 Å². The number of hydrogen-bond donors (Lipinski definition) is 3. The number of rotatable bonds is 11. The van der Waals surface area contributed by atoms with Crippen LogP contribution in [0.1, 0.15) is 15.9 Å². The summed E-state index contributed by atoms with van der Waals surface area (Å²) in [5, 5.41) is 19.1. The maximum Gasteiger partial charge on any atom is 0.272 e. The summed E-state index contributed by atoms with van der Waals surface area (Å²) >= 11 is 1.30. The Morgan fingerprint density at radius 2 is 1.24 bits per heavy atom. The molecule has 3 amide bonds. The number of thioether (sulfide) groups is 1. The van der Waals surface area contributed by atoms with Crippen molar-refractivity contribution in [2.24, 2.45) is 0 Å². The minimum Gasteiger partial charge on any atom is -0.325 e. The molecule has 3 N–H and O–H groups in total. The number of nitrogens with zero attached hydrogens (tertiary/aromatic N) is 1. The average Bonchev–Trinajstić information content (AvgIpc) is 3.09. The standard InChI is InChI=1S/C36H28N4O5S/c41-34(37-29-15-19-31(20-16-29)40(44)45)24-46-32-21-17-30(18-22-32)38-36(43)33(39-35(42)28-9-5-2-6-10-28)23-25-11-13-27(14-12-25)26-7-3-1-4-8-26/h1-23H,24H2,(H,37,41)(H,38,43)(H,39,42)/b33-23-.